The van der Waals surface area contributed by atoms with E-state index >= 15 is 0 Å². The SMILES string of the molecule is NCCCOCCOCCOCCCC(CC(N)=O)[C@H](NC(=O)CCCC[C@@H]1SC[C@@H]2NC(=O)N[C@@H]21)C(=O)O. The summed E-state index contributed by atoms with van der Waals surface area (Å²) in [4.78, 5) is 47.6. The van der Waals surface area contributed by atoms with Gasteiger partial charge < -0.3 is 46.7 Å². The molecule has 2 heterocycles. The van der Waals surface area contributed by atoms with E-state index in [0.717, 1.165) is 25.0 Å². The lowest BCUT2D eigenvalue weighted by Crippen LogP contribution is -2.47. The first-order valence-corrected chi connectivity index (χ1v) is 14.8. The molecule has 4 amide bonds. The summed E-state index contributed by atoms with van der Waals surface area (Å²) in [6.45, 7) is 3.32. The molecule has 2 fully saturated rings. The van der Waals surface area contributed by atoms with Crippen molar-refractivity contribution in [2.45, 2.75) is 74.7 Å². The highest BCUT2D eigenvalue weighted by atomic mass is 32.2. The van der Waals surface area contributed by atoms with Crippen LogP contribution >= 0.6 is 11.8 Å². The van der Waals surface area contributed by atoms with E-state index in [9.17, 15) is 24.3 Å². The van der Waals surface area contributed by atoms with Crippen LogP contribution in [0.4, 0.5) is 4.79 Å². The number of carboxylic acid groups (broad SMARTS) is 1. The Morgan fingerprint density at radius 1 is 1.00 bits per heavy atom. The van der Waals surface area contributed by atoms with Gasteiger partial charge in [-0.3, -0.25) is 9.59 Å². The third kappa shape index (κ3) is 13.2. The fraction of sp³-hybridized carbons (Fsp3) is 0.840. The second-order valence-corrected chi connectivity index (χ2v) is 11.1. The van der Waals surface area contributed by atoms with Gasteiger partial charge in [-0.15, -0.1) is 0 Å². The number of amides is 4. The quantitative estimate of drug-likeness (QED) is 0.0708. The molecule has 39 heavy (non-hydrogen) atoms. The number of hydrogen-bond acceptors (Lipinski definition) is 9. The van der Waals surface area contributed by atoms with Gasteiger partial charge in [-0.1, -0.05) is 6.42 Å². The molecule has 0 aromatic rings. The van der Waals surface area contributed by atoms with Gasteiger partial charge in [-0.25, -0.2) is 9.59 Å². The largest absolute Gasteiger partial charge is 0.480 e. The Bertz CT molecular complexity index is 777. The summed E-state index contributed by atoms with van der Waals surface area (Å²) in [6, 6.07) is -1.07. The Balaban J connectivity index is 1.63. The molecule has 0 aromatic heterocycles. The van der Waals surface area contributed by atoms with Crippen molar-refractivity contribution in [3.8, 4) is 0 Å². The van der Waals surface area contributed by atoms with E-state index in [1.807, 2.05) is 11.8 Å². The summed E-state index contributed by atoms with van der Waals surface area (Å²) in [6.07, 6.45) is 3.97. The lowest BCUT2D eigenvalue weighted by atomic mass is 9.90. The molecule has 0 saturated carbocycles. The first-order chi connectivity index (χ1) is 18.8. The summed E-state index contributed by atoms with van der Waals surface area (Å²) >= 11 is 1.81. The number of rotatable bonds is 23. The van der Waals surface area contributed by atoms with E-state index in [2.05, 4.69) is 16.0 Å². The van der Waals surface area contributed by atoms with Crippen LogP contribution < -0.4 is 27.4 Å². The van der Waals surface area contributed by atoms with Crippen molar-refractivity contribution >= 4 is 35.6 Å². The molecule has 2 saturated heterocycles. The summed E-state index contributed by atoms with van der Waals surface area (Å²) in [5.74, 6) is -1.95. The van der Waals surface area contributed by atoms with E-state index in [0.29, 0.717) is 70.7 Å². The molecule has 2 aliphatic rings. The number of carbonyl (C=O) groups is 4. The Hall–Kier alpha value is -2.13. The Morgan fingerprint density at radius 3 is 2.31 bits per heavy atom. The van der Waals surface area contributed by atoms with E-state index in [-0.39, 0.29) is 36.9 Å². The monoisotopic (exact) mass is 575 g/mol. The van der Waals surface area contributed by atoms with Crippen LogP contribution in [-0.4, -0.2) is 104 Å². The van der Waals surface area contributed by atoms with Gasteiger partial charge >= 0.3 is 12.0 Å². The van der Waals surface area contributed by atoms with Crippen LogP contribution in [0.5, 0.6) is 0 Å². The highest BCUT2D eigenvalue weighted by Crippen LogP contribution is 2.33. The van der Waals surface area contributed by atoms with Crippen molar-refractivity contribution < 1.29 is 38.5 Å². The summed E-state index contributed by atoms with van der Waals surface area (Å²) in [7, 11) is 0. The second-order valence-electron chi connectivity index (χ2n) is 9.80. The van der Waals surface area contributed by atoms with Crippen molar-refractivity contribution in [2.24, 2.45) is 17.4 Å². The van der Waals surface area contributed by atoms with Gasteiger partial charge in [0, 0.05) is 37.1 Å². The average Bonchev–Trinajstić information content (AvgIpc) is 3.44. The summed E-state index contributed by atoms with van der Waals surface area (Å²) in [5, 5.41) is 18.5. The van der Waals surface area contributed by atoms with Crippen LogP contribution in [0.25, 0.3) is 0 Å². The van der Waals surface area contributed by atoms with Crippen LogP contribution in [0.3, 0.4) is 0 Å². The van der Waals surface area contributed by atoms with Gasteiger partial charge in [0.25, 0.3) is 0 Å². The van der Waals surface area contributed by atoms with Crippen LogP contribution in [0, 0.1) is 5.92 Å². The number of thioether (sulfide) groups is 1. The molecule has 0 spiro atoms. The number of nitrogens with one attached hydrogen (secondary N) is 3. The Labute approximate surface area is 234 Å². The molecule has 8 N–H and O–H groups in total. The number of ether oxygens (including phenoxy) is 3. The van der Waals surface area contributed by atoms with Gasteiger partial charge in [-0.2, -0.15) is 11.8 Å². The van der Waals surface area contributed by atoms with Gasteiger partial charge in [0.1, 0.15) is 6.04 Å². The molecule has 2 rings (SSSR count). The molecule has 2 aliphatic heterocycles. The maximum atomic E-state index is 12.5. The fourth-order valence-corrected chi connectivity index (χ4v) is 6.26. The molecule has 0 bridgehead atoms. The lowest BCUT2D eigenvalue weighted by molar-refractivity contribution is -0.144. The van der Waals surface area contributed by atoms with E-state index in [4.69, 9.17) is 25.7 Å². The normalized spacial score (nSPS) is 21.6. The van der Waals surface area contributed by atoms with E-state index in [1.54, 1.807) is 0 Å². The number of unbranched alkanes of at least 4 members (excludes halogenated alkanes) is 1. The van der Waals surface area contributed by atoms with Crippen LogP contribution in [0.1, 0.15) is 51.4 Å². The highest BCUT2D eigenvalue weighted by molar-refractivity contribution is 8.00. The molecule has 5 atom stereocenters. The Kier molecular flexibility index (Phi) is 16.1. The predicted octanol–water partition coefficient (Wildman–Crippen LogP) is -0.0480. The zero-order valence-electron chi connectivity index (χ0n) is 22.6. The van der Waals surface area contributed by atoms with Gasteiger partial charge in [0.15, 0.2) is 0 Å². The topological polar surface area (TPSA) is 204 Å². The molecule has 224 valence electrons. The molecular weight excluding hydrogens is 530 g/mol. The van der Waals surface area contributed by atoms with E-state index < -0.39 is 23.8 Å². The number of carboxylic acids is 1. The summed E-state index contributed by atoms with van der Waals surface area (Å²) < 4.78 is 16.3. The zero-order valence-corrected chi connectivity index (χ0v) is 23.4. The third-order valence-electron chi connectivity index (χ3n) is 6.70. The zero-order chi connectivity index (χ0) is 28.5. The van der Waals surface area contributed by atoms with Gasteiger partial charge in [0.05, 0.1) is 38.5 Å². The summed E-state index contributed by atoms with van der Waals surface area (Å²) in [5.41, 5.74) is 10.8. The molecule has 13 nitrogen and oxygen atoms in total. The molecule has 0 aromatic carbocycles. The molecule has 0 radical (unpaired) electrons. The highest BCUT2D eigenvalue weighted by Gasteiger charge is 2.42. The first kappa shape index (κ1) is 33.1. The van der Waals surface area contributed by atoms with Crippen LogP contribution in [0.2, 0.25) is 0 Å². The van der Waals surface area contributed by atoms with E-state index in [1.165, 1.54) is 0 Å². The number of fused-ring (bicyclic) bond motifs is 1. The number of aliphatic carboxylic acids is 1. The molecule has 1 unspecified atom stereocenters. The smallest absolute Gasteiger partial charge is 0.326 e. The minimum absolute atomic E-state index is 0.116. The second kappa shape index (κ2) is 19.0. The van der Waals surface area contributed by atoms with Gasteiger partial charge in [0.2, 0.25) is 11.8 Å². The minimum Gasteiger partial charge on any atom is -0.480 e. The van der Waals surface area contributed by atoms with Crippen molar-refractivity contribution in [3.63, 3.8) is 0 Å². The minimum atomic E-state index is -1.21. The lowest BCUT2D eigenvalue weighted by Gasteiger charge is -2.24. The van der Waals surface area contributed by atoms with Gasteiger partial charge in [-0.05, 0) is 44.6 Å². The molecule has 14 heteroatoms. The Morgan fingerprint density at radius 2 is 1.67 bits per heavy atom. The van der Waals surface area contributed by atoms with Crippen LogP contribution in [-0.2, 0) is 28.6 Å². The average molecular weight is 576 g/mol. The number of urea groups is 1. The van der Waals surface area contributed by atoms with Crippen molar-refractivity contribution in [2.75, 3.05) is 51.9 Å². The predicted molar refractivity (Wildman–Crippen MR) is 146 cm³/mol. The third-order valence-corrected chi connectivity index (χ3v) is 8.21. The number of carbonyl (C=O) groups excluding carboxylic acids is 3. The molecular formula is C25H45N5O8S. The number of primary amides is 1. The van der Waals surface area contributed by atoms with Crippen molar-refractivity contribution in [1.29, 1.82) is 0 Å². The molecule has 0 aliphatic carbocycles. The fourth-order valence-electron chi connectivity index (χ4n) is 4.72. The maximum Gasteiger partial charge on any atom is 0.326 e. The number of nitrogens with two attached hydrogens (primary N) is 2. The van der Waals surface area contributed by atoms with Crippen LogP contribution in [0.15, 0.2) is 0 Å². The van der Waals surface area contributed by atoms with Crippen molar-refractivity contribution in [3.05, 3.63) is 0 Å². The van der Waals surface area contributed by atoms with Crippen molar-refractivity contribution in [1.82, 2.24) is 16.0 Å². The first-order valence-electron chi connectivity index (χ1n) is 13.7. The number of hydrogen-bond donors (Lipinski definition) is 6. The standard InChI is InChI=1S/C25H45N5O8S/c26-8-4-10-37-12-14-38-13-11-36-9-3-5-17(15-20(27)31)22(24(33)34)29-21(32)7-2-1-6-19-23-18(16-39-19)28-25(35)30-23/h17-19,22-23H,1-16,26H2,(H2,27,31)(H,29,32)(H,33,34)(H2,28,30,35)/t17?,18-,19-,22-,23-/m0/s1. The maximum absolute atomic E-state index is 12.5.